The van der Waals surface area contributed by atoms with Crippen molar-refractivity contribution in [2.75, 3.05) is 6.26 Å². The number of nitrogens with zero attached hydrogens (tertiary/aromatic N) is 1. The molecule has 0 aliphatic heterocycles. The van der Waals surface area contributed by atoms with E-state index < -0.39 is 0 Å². The molecule has 0 heterocycles. The van der Waals surface area contributed by atoms with Crippen LogP contribution in [0.5, 0.6) is 0 Å². The summed E-state index contributed by atoms with van der Waals surface area (Å²) in [6.45, 7) is 1.86. The molecule has 3 heteroatoms. The van der Waals surface area contributed by atoms with Crippen molar-refractivity contribution in [3.8, 4) is 6.07 Å². The molecule has 0 rings (SSSR count). The molecule has 0 aromatic carbocycles. The van der Waals surface area contributed by atoms with Gasteiger partial charge in [0.2, 0.25) is 0 Å². The zero-order valence-electron chi connectivity index (χ0n) is 4.73. The van der Waals surface area contributed by atoms with Crippen LogP contribution in [0.1, 0.15) is 6.92 Å². The van der Waals surface area contributed by atoms with E-state index in [9.17, 15) is 0 Å². The molecule has 0 aromatic rings. The summed E-state index contributed by atoms with van der Waals surface area (Å²) in [5, 5.41) is 8.34. The summed E-state index contributed by atoms with van der Waals surface area (Å²) in [5.41, 5.74) is 0. The van der Waals surface area contributed by atoms with Gasteiger partial charge in [0.1, 0.15) is 6.07 Å². The van der Waals surface area contributed by atoms with E-state index in [1.54, 1.807) is 0 Å². The summed E-state index contributed by atoms with van der Waals surface area (Å²) in [4.78, 5) is 0.741. The lowest BCUT2D eigenvalue weighted by Gasteiger charge is -1.88. The first kappa shape index (κ1) is 8.06. The van der Waals surface area contributed by atoms with Crippen LogP contribution < -0.4 is 0 Å². The van der Waals surface area contributed by atoms with Crippen LogP contribution in [-0.2, 0) is 0 Å². The zero-order valence-corrected chi connectivity index (χ0v) is 7.14. The van der Waals surface area contributed by atoms with E-state index in [1.807, 2.05) is 19.2 Å². The predicted octanol–water partition coefficient (Wildman–Crippen LogP) is 2.50. The van der Waals surface area contributed by atoms with Crippen LogP contribution in [0.2, 0.25) is 0 Å². The van der Waals surface area contributed by atoms with E-state index in [0.717, 1.165) is 9.39 Å². The van der Waals surface area contributed by atoms with E-state index in [-0.39, 0.29) is 0 Å². The van der Waals surface area contributed by atoms with E-state index in [2.05, 4.69) is 15.9 Å². The van der Waals surface area contributed by atoms with Gasteiger partial charge in [-0.3, -0.25) is 0 Å². The number of hydrogen-bond acceptors (Lipinski definition) is 2. The molecule has 0 unspecified atom stereocenters. The molecule has 0 bridgehead atoms. The van der Waals surface area contributed by atoms with Gasteiger partial charge < -0.3 is 0 Å². The van der Waals surface area contributed by atoms with Crippen molar-refractivity contribution in [2.24, 2.45) is 0 Å². The molecular formula is C5H6BrNS. The normalized spacial score (nSPS) is 12.2. The number of hydrogen-bond donors (Lipinski definition) is 0. The second-order valence-corrected chi connectivity index (χ2v) is 3.18. The summed E-state index contributed by atoms with van der Waals surface area (Å²) >= 11 is 4.65. The minimum atomic E-state index is 0.741. The Morgan fingerprint density at radius 1 is 1.75 bits per heavy atom. The van der Waals surface area contributed by atoms with Crippen molar-refractivity contribution in [2.45, 2.75) is 6.92 Å². The summed E-state index contributed by atoms with van der Waals surface area (Å²) in [6.07, 6.45) is 1.88. The second-order valence-electron chi connectivity index (χ2n) is 1.18. The molecule has 44 valence electrons. The van der Waals surface area contributed by atoms with Gasteiger partial charge in [0, 0.05) is 4.48 Å². The summed E-state index contributed by atoms with van der Waals surface area (Å²) in [6, 6.07) is 2.05. The number of nitriles is 1. The van der Waals surface area contributed by atoms with Crippen molar-refractivity contribution in [3.63, 3.8) is 0 Å². The van der Waals surface area contributed by atoms with Gasteiger partial charge in [0.15, 0.2) is 0 Å². The van der Waals surface area contributed by atoms with Crippen molar-refractivity contribution in [1.82, 2.24) is 0 Å². The van der Waals surface area contributed by atoms with Gasteiger partial charge in [-0.1, -0.05) is 15.9 Å². The van der Waals surface area contributed by atoms with Crippen molar-refractivity contribution in [3.05, 3.63) is 9.39 Å². The third-order valence-electron chi connectivity index (χ3n) is 0.619. The number of thioether (sulfide) groups is 1. The van der Waals surface area contributed by atoms with Gasteiger partial charge in [-0.15, -0.1) is 11.8 Å². The van der Waals surface area contributed by atoms with Crippen LogP contribution in [-0.4, -0.2) is 6.26 Å². The summed E-state index contributed by atoms with van der Waals surface area (Å²) < 4.78 is 0.910. The Hall–Kier alpha value is 0.0600. The van der Waals surface area contributed by atoms with Crippen LogP contribution in [0.15, 0.2) is 9.39 Å². The third-order valence-corrected chi connectivity index (χ3v) is 2.08. The Morgan fingerprint density at radius 3 is 2.25 bits per heavy atom. The number of allylic oxidation sites excluding steroid dienone is 2. The summed E-state index contributed by atoms with van der Waals surface area (Å²) in [7, 11) is 0. The minimum Gasteiger partial charge on any atom is -0.192 e. The maximum absolute atomic E-state index is 8.34. The Bertz CT molecular complexity index is 141. The predicted molar refractivity (Wildman–Crippen MR) is 40.8 cm³/mol. The molecule has 0 fully saturated rings. The molecule has 0 radical (unpaired) electrons. The van der Waals surface area contributed by atoms with Crippen LogP contribution in [0.25, 0.3) is 0 Å². The fourth-order valence-electron chi connectivity index (χ4n) is 0.263. The van der Waals surface area contributed by atoms with Gasteiger partial charge in [-0.05, 0) is 13.2 Å². The molecule has 1 nitrogen and oxygen atoms in total. The minimum absolute atomic E-state index is 0.741. The Labute approximate surface area is 61.9 Å². The van der Waals surface area contributed by atoms with Crippen molar-refractivity contribution >= 4 is 27.7 Å². The van der Waals surface area contributed by atoms with Crippen LogP contribution in [0.4, 0.5) is 0 Å². The molecule has 0 saturated carbocycles. The maximum Gasteiger partial charge on any atom is 0.107 e. The van der Waals surface area contributed by atoms with E-state index in [4.69, 9.17) is 5.26 Å². The van der Waals surface area contributed by atoms with Crippen molar-refractivity contribution < 1.29 is 0 Å². The van der Waals surface area contributed by atoms with E-state index >= 15 is 0 Å². The number of halogens is 1. The molecule has 0 amide bonds. The maximum atomic E-state index is 8.34. The number of rotatable bonds is 1. The molecule has 0 spiro atoms. The topological polar surface area (TPSA) is 23.8 Å². The third kappa shape index (κ3) is 2.39. The first-order chi connectivity index (χ1) is 3.72. The smallest absolute Gasteiger partial charge is 0.107 e. The fraction of sp³-hybridized carbons (Fsp3) is 0.400. The molecule has 8 heavy (non-hydrogen) atoms. The van der Waals surface area contributed by atoms with E-state index in [0.29, 0.717) is 0 Å². The highest BCUT2D eigenvalue weighted by Gasteiger charge is 1.92. The Balaban J connectivity index is 4.15. The van der Waals surface area contributed by atoms with Gasteiger partial charge in [0.25, 0.3) is 0 Å². The fourth-order valence-corrected chi connectivity index (χ4v) is 1.21. The lowest BCUT2D eigenvalue weighted by Crippen LogP contribution is -1.68. The second kappa shape index (κ2) is 3.99. The van der Waals surface area contributed by atoms with Crippen LogP contribution >= 0.6 is 27.7 Å². The summed E-state index contributed by atoms with van der Waals surface area (Å²) in [5.74, 6) is 0. The Morgan fingerprint density at radius 2 is 2.25 bits per heavy atom. The molecule has 0 N–H and O–H groups in total. The standard InChI is InChI=1S/C5H6BrNS/c1-4(6)5(3-7)8-2/h1-2H3. The average molecular weight is 192 g/mol. The molecule has 0 aliphatic rings. The van der Waals surface area contributed by atoms with Crippen LogP contribution in [0, 0.1) is 11.3 Å². The van der Waals surface area contributed by atoms with Gasteiger partial charge in [0.05, 0.1) is 4.91 Å². The van der Waals surface area contributed by atoms with Gasteiger partial charge >= 0.3 is 0 Å². The van der Waals surface area contributed by atoms with Gasteiger partial charge in [-0.2, -0.15) is 5.26 Å². The molecular weight excluding hydrogens is 186 g/mol. The quantitative estimate of drug-likeness (QED) is 0.596. The Kier molecular flexibility index (Phi) is 4.02. The SMILES string of the molecule is CSC(C#N)=C(C)Br. The monoisotopic (exact) mass is 191 g/mol. The highest BCUT2D eigenvalue weighted by molar-refractivity contribution is 9.11. The lowest BCUT2D eigenvalue weighted by atomic mass is 10.6. The van der Waals surface area contributed by atoms with Crippen molar-refractivity contribution in [1.29, 1.82) is 5.26 Å². The first-order valence-electron chi connectivity index (χ1n) is 2.02. The largest absolute Gasteiger partial charge is 0.192 e. The average Bonchev–Trinajstić information content (AvgIpc) is 1.69. The molecule has 0 saturated heterocycles. The molecule has 0 aliphatic carbocycles. The molecule has 0 atom stereocenters. The molecule has 0 aromatic heterocycles. The highest BCUT2D eigenvalue weighted by atomic mass is 79.9. The van der Waals surface area contributed by atoms with Gasteiger partial charge in [-0.25, -0.2) is 0 Å². The van der Waals surface area contributed by atoms with Crippen LogP contribution in [0.3, 0.4) is 0 Å². The highest BCUT2D eigenvalue weighted by Crippen LogP contribution is 2.19. The first-order valence-corrected chi connectivity index (χ1v) is 4.04. The zero-order chi connectivity index (χ0) is 6.57. The lowest BCUT2D eigenvalue weighted by molar-refractivity contribution is 1.51. The van der Waals surface area contributed by atoms with E-state index in [1.165, 1.54) is 11.8 Å².